The molecule has 118 valence electrons. The molecule has 6 nitrogen and oxygen atoms in total. The number of hydrogen-bond acceptors (Lipinski definition) is 5. The molecule has 7 heteroatoms. The van der Waals surface area contributed by atoms with Gasteiger partial charge in [0.15, 0.2) is 0 Å². The summed E-state index contributed by atoms with van der Waals surface area (Å²) in [4.78, 5) is 4.27. The Hall–Kier alpha value is -1.18. The van der Waals surface area contributed by atoms with Crippen molar-refractivity contribution >= 4 is 15.8 Å². The number of likely N-dealkylation sites (N-methyl/N-ethyl adjacent to an activating group) is 1. The van der Waals surface area contributed by atoms with E-state index in [2.05, 4.69) is 10.3 Å². The first-order valence-electron chi connectivity index (χ1n) is 7.26. The Labute approximate surface area is 126 Å². The zero-order valence-corrected chi connectivity index (χ0v) is 13.4. The number of nitrogens with zero attached hydrogens (tertiary/aromatic N) is 2. The maximum atomic E-state index is 12.6. The van der Waals surface area contributed by atoms with Gasteiger partial charge >= 0.3 is 0 Å². The minimum absolute atomic E-state index is 0.133. The SMILES string of the molecule is CCNc1cc(S(=O)(=O)N(C)CC2(O)CCCC2)ccn1. The Kier molecular flexibility index (Phi) is 4.85. The normalized spacial score (nSPS) is 18.1. The van der Waals surface area contributed by atoms with E-state index < -0.39 is 15.6 Å². The maximum absolute atomic E-state index is 12.6. The molecule has 2 rings (SSSR count). The van der Waals surface area contributed by atoms with Gasteiger partial charge in [0, 0.05) is 32.4 Å². The second kappa shape index (κ2) is 6.29. The highest BCUT2D eigenvalue weighted by Crippen LogP contribution is 2.31. The van der Waals surface area contributed by atoms with Crippen LogP contribution in [0.1, 0.15) is 32.6 Å². The van der Waals surface area contributed by atoms with Crippen LogP contribution in [0.5, 0.6) is 0 Å². The van der Waals surface area contributed by atoms with Crippen molar-refractivity contribution in [1.82, 2.24) is 9.29 Å². The predicted molar refractivity (Wildman–Crippen MR) is 81.6 cm³/mol. The van der Waals surface area contributed by atoms with Crippen LogP contribution < -0.4 is 5.32 Å². The molecule has 0 bridgehead atoms. The standard InChI is InChI=1S/C14H23N3O3S/c1-3-15-13-10-12(6-9-16-13)21(19,20)17(2)11-14(18)7-4-5-8-14/h6,9-10,18H,3-5,7-8,11H2,1-2H3,(H,15,16). The lowest BCUT2D eigenvalue weighted by atomic mass is 10.0. The van der Waals surface area contributed by atoms with Crippen molar-refractivity contribution in [2.45, 2.75) is 43.1 Å². The molecule has 1 aromatic rings. The van der Waals surface area contributed by atoms with Crippen LogP contribution in [0.4, 0.5) is 5.82 Å². The number of pyridine rings is 1. The molecule has 0 aliphatic heterocycles. The average molecular weight is 313 g/mol. The average Bonchev–Trinajstić information content (AvgIpc) is 2.86. The van der Waals surface area contributed by atoms with E-state index >= 15 is 0 Å². The fourth-order valence-corrected chi connectivity index (χ4v) is 3.98. The molecule has 0 unspecified atom stereocenters. The first-order chi connectivity index (χ1) is 9.87. The molecule has 1 aliphatic rings. The highest BCUT2D eigenvalue weighted by molar-refractivity contribution is 7.89. The van der Waals surface area contributed by atoms with Crippen LogP contribution in [0.25, 0.3) is 0 Å². The number of sulfonamides is 1. The van der Waals surface area contributed by atoms with Crippen LogP contribution in [-0.4, -0.2) is 48.6 Å². The van der Waals surface area contributed by atoms with Gasteiger partial charge < -0.3 is 10.4 Å². The summed E-state index contributed by atoms with van der Waals surface area (Å²) in [7, 11) is -2.10. The summed E-state index contributed by atoms with van der Waals surface area (Å²) < 4.78 is 26.4. The van der Waals surface area contributed by atoms with E-state index in [0.717, 1.165) is 12.8 Å². The van der Waals surface area contributed by atoms with Crippen LogP contribution in [0, 0.1) is 0 Å². The molecule has 1 saturated carbocycles. The van der Waals surface area contributed by atoms with E-state index in [9.17, 15) is 13.5 Å². The molecular formula is C14H23N3O3S. The Bertz CT molecular complexity index is 583. The molecule has 1 fully saturated rings. The van der Waals surface area contributed by atoms with E-state index in [1.807, 2.05) is 6.92 Å². The Morgan fingerprint density at radius 1 is 1.43 bits per heavy atom. The zero-order valence-electron chi connectivity index (χ0n) is 12.5. The molecule has 21 heavy (non-hydrogen) atoms. The van der Waals surface area contributed by atoms with Gasteiger partial charge in [-0.15, -0.1) is 0 Å². The molecule has 0 radical (unpaired) electrons. The van der Waals surface area contributed by atoms with Crippen LogP contribution in [-0.2, 0) is 10.0 Å². The van der Waals surface area contributed by atoms with Gasteiger partial charge in [0.1, 0.15) is 5.82 Å². The van der Waals surface area contributed by atoms with Gasteiger partial charge in [0.2, 0.25) is 10.0 Å². The lowest BCUT2D eigenvalue weighted by Gasteiger charge is -2.28. The minimum Gasteiger partial charge on any atom is -0.389 e. The Morgan fingerprint density at radius 2 is 2.10 bits per heavy atom. The van der Waals surface area contributed by atoms with Crippen molar-refractivity contribution in [2.75, 3.05) is 25.5 Å². The third kappa shape index (κ3) is 3.72. The largest absolute Gasteiger partial charge is 0.389 e. The first kappa shape index (κ1) is 16.2. The number of nitrogens with one attached hydrogen (secondary N) is 1. The second-order valence-corrected chi connectivity index (χ2v) is 7.64. The van der Waals surface area contributed by atoms with Crippen molar-refractivity contribution in [1.29, 1.82) is 0 Å². The fourth-order valence-electron chi connectivity index (χ4n) is 2.72. The van der Waals surface area contributed by atoms with Crippen molar-refractivity contribution < 1.29 is 13.5 Å². The first-order valence-corrected chi connectivity index (χ1v) is 8.70. The van der Waals surface area contributed by atoms with Gasteiger partial charge in [-0.25, -0.2) is 13.4 Å². The number of aromatic nitrogens is 1. The molecule has 0 atom stereocenters. The van der Waals surface area contributed by atoms with E-state index in [0.29, 0.717) is 25.2 Å². The summed E-state index contributed by atoms with van der Waals surface area (Å²) in [6.07, 6.45) is 4.69. The smallest absolute Gasteiger partial charge is 0.243 e. The highest BCUT2D eigenvalue weighted by Gasteiger charge is 2.35. The number of aliphatic hydroxyl groups is 1. The molecule has 2 N–H and O–H groups in total. The Balaban J connectivity index is 2.18. The maximum Gasteiger partial charge on any atom is 0.243 e. The van der Waals surface area contributed by atoms with Crippen molar-refractivity contribution in [3.05, 3.63) is 18.3 Å². The summed E-state index contributed by atoms with van der Waals surface area (Å²) in [6, 6.07) is 3.00. The number of hydrogen-bond donors (Lipinski definition) is 2. The molecule has 1 aliphatic carbocycles. The van der Waals surface area contributed by atoms with Gasteiger partial charge in [0.05, 0.1) is 10.5 Å². The van der Waals surface area contributed by atoms with Crippen molar-refractivity contribution in [3.8, 4) is 0 Å². The van der Waals surface area contributed by atoms with E-state index in [1.165, 1.54) is 29.7 Å². The van der Waals surface area contributed by atoms with Gasteiger partial charge in [-0.1, -0.05) is 12.8 Å². The summed E-state index contributed by atoms with van der Waals surface area (Å²) >= 11 is 0. The van der Waals surface area contributed by atoms with Crippen LogP contribution in [0.2, 0.25) is 0 Å². The van der Waals surface area contributed by atoms with Gasteiger partial charge in [-0.3, -0.25) is 0 Å². The third-order valence-electron chi connectivity index (χ3n) is 3.85. The lowest BCUT2D eigenvalue weighted by Crippen LogP contribution is -2.42. The summed E-state index contributed by atoms with van der Waals surface area (Å²) in [6.45, 7) is 2.73. The number of rotatable bonds is 6. The Morgan fingerprint density at radius 3 is 2.71 bits per heavy atom. The highest BCUT2D eigenvalue weighted by atomic mass is 32.2. The molecular weight excluding hydrogens is 290 g/mol. The van der Waals surface area contributed by atoms with Crippen LogP contribution in [0.15, 0.2) is 23.2 Å². The minimum atomic E-state index is -3.61. The molecule has 0 amide bonds. The monoisotopic (exact) mass is 313 g/mol. The molecule has 0 aromatic carbocycles. The van der Waals surface area contributed by atoms with Gasteiger partial charge in [-0.2, -0.15) is 4.31 Å². The topological polar surface area (TPSA) is 82.5 Å². The molecule has 1 heterocycles. The van der Waals surface area contributed by atoms with Crippen LogP contribution in [0.3, 0.4) is 0 Å². The number of anilines is 1. The van der Waals surface area contributed by atoms with Gasteiger partial charge in [-0.05, 0) is 25.8 Å². The summed E-state index contributed by atoms with van der Waals surface area (Å²) in [5.74, 6) is 0.534. The fraction of sp³-hybridized carbons (Fsp3) is 0.643. The van der Waals surface area contributed by atoms with Gasteiger partial charge in [0.25, 0.3) is 0 Å². The van der Waals surface area contributed by atoms with Crippen molar-refractivity contribution in [3.63, 3.8) is 0 Å². The van der Waals surface area contributed by atoms with Crippen LogP contribution >= 0.6 is 0 Å². The quantitative estimate of drug-likeness (QED) is 0.830. The molecule has 1 aromatic heterocycles. The molecule has 0 spiro atoms. The van der Waals surface area contributed by atoms with E-state index in [-0.39, 0.29) is 11.4 Å². The van der Waals surface area contributed by atoms with Crippen molar-refractivity contribution in [2.24, 2.45) is 0 Å². The molecule has 0 saturated heterocycles. The second-order valence-electron chi connectivity index (χ2n) is 5.60. The third-order valence-corrected chi connectivity index (χ3v) is 5.65. The predicted octanol–water partition coefficient (Wildman–Crippen LogP) is 1.44. The van der Waals surface area contributed by atoms with E-state index in [1.54, 1.807) is 0 Å². The summed E-state index contributed by atoms with van der Waals surface area (Å²) in [5, 5.41) is 13.4. The van der Waals surface area contributed by atoms with E-state index in [4.69, 9.17) is 0 Å². The summed E-state index contributed by atoms with van der Waals surface area (Å²) in [5.41, 5.74) is -0.890. The zero-order chi connectivity index (χ0) is 15.5. The lowest BCUT2D eigenvalue weighted by molar-refractivity contribution is 0.0333.